The van der Waals surface area contributed by atoms with Gasteiger partial charge in [0.15, 0.2) is 52.8 Å². The van der Waals surface area contributed by atoms with Crippen LogP contribution in [0.15, 0.2) is 72.8 Å². The van der Waals surface area contributed by atoms with E-state index in [4.69, 9.17) is 80.0 Å². The van der Waals surface area contributed by atoms with E-state index in [1.807, 2.05) is 102 Å². The molecule has 8 aliphatic heterocycles. The molecule has 2 unspecified atom stereocenters. The second-order valence-electron chi connectivity index (χ2n) is 26.6. The zero-order valence-corrected chi connectivity index (χ0v) is 59.2. The highest BCUT2D eigenvalue weighted by Crippen LogP contribution is 2.61. The molecule has 6 aromatic carbocycles. The average molecular weight is 1420 g/mol. The third-order valence-electron chi connectivity index (χ3n) is 21.2. The largest absolute Gasteiger partial charge is 0.504 e. The quantitative estimate of drug-likeness (QED) is 0.0342. The number of phenolic OH excluding ortho intramolecular Hbond substituents is 1. The number of ether oxygens (including phenoxy) is 12. The Morgan fingerprint density at radius 1 is 0.545 bits per heavy atom. The van der Waals surface area contributed by atoms with Crippen LogP contribution >= 0.6 is 23.2 Å². The lowest BCUT2D eigenvalue weighted by Gasteiger charge is -2.59. The Morgan fingerprint density at radius 2 is 0.970 bits per heavy atom. The minimum absolute atomic E-state index is 0.00685. The van der Waals surface area contributed by atoms with Crippen LogP contribution in [0.3, 0.4) is 0 Å². The monoisotopic (exact) mass is 1420 g/mol. The number of piperazine rings is 2. The highest BCUT2D eigenvalue weighted by molar-refractivity contribution is 6.27. The van der Waals surface area contributed by atoms with Gasteiger partial charge in [0.05, 0.1) is 50.5 Å². The number of carbonyl (C=O) groups is 4. The van der Waals surface area contributed by atoms with Crippen molar-refractivity contribution in [2.45, 2.75) is 139 Å². The van der Waals surface area contributed by atoms with Crippen molar-refractivity contribution >= 4 is 47.1 Å². The fourth-order valence-corrected chi connectivity index (χ4v) is 17.2. The molecule has 0 aromatic heterocycles. The third-order valence-corrected chi connectivity index (χ3v) is 21.6. The Balaban J connectivity index is 0.000000181. The van der Waals surface area contributed by atoms with E-state index < -0.39 is 42.1 Å². The molecule has 6 aromatic rings. The van der Waals surface area contributed by atoms with Gasteiger partial charge in [0.1, 0.15) is 48.6 Å². The van der Waals surface area contributed by atoms with E-state index >= 15 is 0 Å². The second-order valence-corrected chi connectivity index (χ2v) is 27.1. The minimum atomic E-state index is -0.668. The van der Waals surface area contributed by atoms with Crippen molar-refractivity contribution in [3.8, 4) is 69.6 Å². The van der Waals surface area contributed by atoms with Gasteiger partial charge in [-0.15, -0.1) is 23.2 Å². The van der Waals surface area contributed by atoms with Crippen LogP contribution in [0, 0.1) is 50.4 Å². The number of aryl methyl sites for hydroxylation is 4. The van der Waals surface area contributed by atoms with Crippen molar-refractivity contribution < 1.29 is 81.1 Å². The molecule has 0 amide bonds. The number of alkyl halides is 2. The molecule has 0 radical (unpaired) electrons. The predicted octanol–water partition coefficient (Wildman–Crippen LogP) is 9.95. The van der Waals surface area contributed by atoms with Crippen LogP contribution in [0.1, 0.15) is 115 Å². The number of methoxy groups -OCH3 is 3. The number of aromatic hydroxyl groups is 1. The van der Waals surface area contributed by atoms with Gasteiger partial charge in [-0.3, -0.25) is 38.8 Å². The molecule has 530 valence electrons. The van der Waals surface area contributed by atoms with Crippen LogP contribution < -0.4 is 42.6 Å². The maximum absolute atomic E-state index is 13.4. The number of hydrogen-bond acceptors (Lipinski definition) is 23. The molecule has 2 saturated heterocycles. The number of benzene rings is 6. The summed E-state index contributed by atoms with van der Waals surface area (Å²) in [6.45, 7) is 7.25. The zero-order valence-electron chi connectivity index (χ0n) is 57.7. The van der Waals surface area contributed by atoms with Gasteiger partial charge in [0, 0.05) is 88.6 Å². The highest BCUT2D eigenvalue weighted by atomic mass is 35.5. The number of halogens is 2. The standard InChI is InChI=1S/C39H42ClN3O9.C37H38ClN3O8/c1-21-13-24-14-26-28(17-41)43-27(34(42(26)3)32(24)38(35(21)47-5)49-19-46-4)15-25-33(29(43)18-48-30(44)12-11-23-9-7-6-8-10-23)39-37(50-20-51-39)22(2)36(25)52-31(45)16-40;1-19-12-22-13-24-26(16-39)41-25(32(40(24)3)30(22)33(44)34(19)45-4)14-23-31(27(41)17-46-28(42)11-10-21-8-6-5-7-9-21)37-36(47-18-48-37)20(2)35(23)49-29(43)15-38/h6-10,13,26-29,34H,11-12,14-16,18-20H2,1-5H3;5-9,12,24-27,32,44H,10-11,13-15,17-18H2,1-4H3/t26-,27?,28-,29-,34-;24-,25?,26-,27-,32-/m00/s1. The Hall–Kier alpha value is -9.04. The molecule has 23 nitrogen and oxygen atoms in total. The lowest BCUT2D eigenvalue weighted by Crippen LogP contribution is -2.68. The summed E-state index contributed by atoms with van der Waals surface area (Å²) in [5.74, 6) is 1.42. The summed E-state index contributed by atoms with van der Waals surface area (Å²) >= 11 is 11.9. The van der Waals surface area contributed by atoms with Crippen LogP contribution in [0.5, 0.6) is 57.5 Å². The smallest absolute Gasteiger partial charge is 0.326 e. The van der Waals surface area contributed by atoms with Gasteiger partial charge in [-0.25, -0.2) is 0 Å². The zero-order chi connectivity index (χ0) is 71.2. The van der Waals surface area contributed by atoms with Crippen molar-refractivity contribution in [1.82, 2.24) is 19.6 Å². The fourth-order valence-electron chi connectivity index (χ4n) is 17.0. The van der Waals surface area contributed by atoms with E-state index in [9.17, 15) is 34.8 Å². The first-order valence-electron chi connectivity index (χ1n) is 33.7. The maximum Gasteiger partial charge on any atom is 0.326 e. The Morgan fingerprint density at radius 3 is 1.40 bits per heavy atom. The molecule has 8 aliphatic rings. The van der Waals surface area contributed by atoms with E-state index in [1.54, 1.807) is 21.1 Å². The van der Waals surface area contributed by atoms with Gasteiger partial charge < -0.3 is 61.9 Å². The van der Waals surface area contributed by atoms with Crippen LogP contribution in [0.4, 0.5) is 0 Å². The Bertz CT molecular complexity index is 4320. The molecule has 14 rings (SSSR count). The second kappa shape index (κ2) is 29.5. The topological polar surface area (TPSA) is 260 Å². The number of nitriles is 2. The van der Waals surface area contributed by atoms with Crippen LogP contribution in [0.25, 0.3) is 0 Å². The SMILES string of the molecule is COCOc1c(OC)c(C)cc2c1[C@@H]1C3Cc4c(OC(=O)CCl)c(C)c5c(c4[C@H](COC(=O)CCc4ccccc4)N3[C@@H](C#N)[C@H](C2)N1C)OCO5.COc1c(C)cc2c(c1O)[C@@H]1C3Cc4c(OC(=O)CCl)c(C)c5c(c4[C@H](COC(=O)CCc4ccccc4)N3[C@@H](C#N)[C@H](C2)N1C)OCO5. The van der Waals surface area contributed by atoms with E-state index in [0.29, 0.717) is 124 Å². The summed E-state index contributed by atoms with van der Waals surface area (Å²) in [7, 11) is 8.71. The van der Waals surface area contributed by atoms with Gasteiger partial charge in [-0.1, -0.05) is 72.8 Å². The summed E-state index contributed by atoms with van der Waals surface area (Å²) in [5.41, 5.74) is 11.3. The number of hydrogen-bond donors (Lipinski definition) is 1. The van der Waals surface area contributed by atoms with Crippen molar-refractivity contribution in [3.63, 3.8) is 0 Å². The summed E-state index contributed by atoms with van der Waals surface area (Å²) in [4.78, 5) is 60.9. The van der Waals surface area contributed by atoms with Gasteiger partial charge in [-0.05, 0) is 114 Å². The first-order chi connectivity index (χ1) is 48.9. The number of rotatable bonds is 19. The summed E-state index contributed by atoms with van der Waals surface area (Å²) in [6.07, 6.45) is 3.16. The lowest BCUT2D eigenvalue weighted by molar-refractivity contribution is -0.150. The first kappa shape index (κ1) is 70.4. The van der Waals surface area contributed by atoms with E-state index in [2.05, 4.69) is 37.8 Å². The highest BCUT2D eigenvalue weighted by Gasteiger charge is 2.59. The maximum atomic E-state index is 13.4. The number of likely N-dealkylation sites (N-methyl/N-ethyl adjacent to an activating group) is 2. The summed E-state index contributed by atoms with van der Waals surface area (Å²) in [5, 5.41) is 33.5. The Kier molecular flexibility index (Phi) is 20.6. The Labute approximate surface area is 596 Å². The molecule has 10 atom stereocenters. The number of esters is 4. The molecule has 0 saturated carbocycles. The molecule has 0 spiro atoms. The van der Waals surface area contributed by atoms with E-state index in [-0.39, 0.29) is 106 Å². The fraction of sp³-hybridized carbons (Fsp3) is 0.447. The van der Waals surface area contributed by atoms with Crippen molar-refractivity contribution in [2.75, 3.05) is 80.8 Å². The number of carbonyl (C=O) groups excluding carboxylic acids is 4. The number of fused-ring (bicyclic) bond motifs is 18. The molecule has 1 N–H and O–H groups in total. The predicted molar refractivity (Wildman–Crippen MR) is 367 cm³/mol. The average Bonchev–Trinajstić information content (AvgIpc) is 1.45. The molecular weight excluding hydrogens is 1340 g/mol. The number of nitrogens with zero attached hydrogens (tertiary/aromatic N) is 6. The lowest BCUT2D eigenvalue weighted by atomic mass is 9.71. The molecule has 0 aliphatic carbocycles. The van der Waals surface area contributed by atoms with E-state index in [1.165, 1.54) is 7.11 Å². The first-order valence-corrected chi connectivity index (χ1v) is 34.8. The normalized spacial score (nSPS) is 23.1. The summed E-state index contributed by atoms with van der Waals surface area (Å²) < 4.78 is 71.2. The van der Waals surface area contributed by atoms with Gasteiger partial charge in [0.2, 0.25) is 13.6 Å². The molecule has 8 heterocycles. The van der Waals surface area contributed by atoms with E-state index in [0.717, 1.165) is 44.5 Å². The van der Waals surface area contributed by atoms with Crippen LogP contribution in [-0.4, -0.2) is 166 Å². The van der Waals surface area contributed by atoms with Gasteiger partial charge >= 0.3 is 23.9 Å². The molecular formula is C76H80Cl2N6O17. The van der Waals surface area contributed by atoms with Gasteiger partial charge in [-0.2, -0.15) is 10.5 Å². The number of phenols is 1. The van der Waals surface area contributed by atoms with Crippen molar-refractivity contribution in [3.05, 3.63) is 151 Å². The van der Waals surface area contributed by atoms with Crippen LogP contribution in [-0.2, 0) is 71.9 Å². The van der Waals surface area contributed by atoms with Crippen LogP contribution in [0.2, 0.25) is 0 Å². The van der Waals surface area contributed by atoms with Gasteiger partial charge in [0.25, 0.3) is 0 Å². The molecule has 25 heteroatoms. The summed E-state index contributed by atoms with van der Waals surface area (Å²) in [6, 6.07) is 24.3. The molecule has 2 fully saturated rings. The minimum Gasteiger partial charge on any atom is -0.504 e. The molecule has 4 bridgehead atoms. The third kappa shape index (κ3) is 12.6. The molecule has 101 heavy (non-hydrogen) atoms. The van der Waals surface area contributed by atoms with Crippen molar-refractivity contribution in [2.24, 2.45) is 0 Å². The van der Waals surface area contributed by atoms with Crippen molar-refractivity contribution in [1.29, 1.82) is 10.5 Å².